The third-order valence-corrected chi connectivity index (χ3v) is 3.93. The van der Waals surface area contributed by atoms with Crippen molar-refractivity contribution in [3.05, 3.63) is 26.9 Å². The van der Waals surface area contributed by atoms with Crippen molar-refractivity contribution in [3.8, 4) is 0 Å². The highest BCUT2D eigenvalue weighted by Gasteiger charge is 2.25. The van der Waals surface area contributed by atoms with Crippen molar-refractivity contribution in [2.45, 2.75) is 32.7 Å². The molecule has 0 aliphatic carbocycles. The lowest BCUT2D eigenvalue weighted by Gasteiger charge is -2.28. The van der Waals surface area contributed by atoms with E-state index in [4.69, 9.17) is 0 Å². The zero-order chi connectivity index (χ0) is 15.4. The fraction of sp³-hybridized carbons (Fsp3) is 0.643. The van der Waals surface area contributed by atoms with E-state index in [0.29, 0.717) is 22.3 Å². The molecule has 1 aromatic rings. The first kappa shape index (κ1) is 16.2. The van der Waals surface area contributed by atoms with Gasteiger partial charge in [0.25, 0.3) is 0 Å². The van der Waals surface area contributed by atoms with E-state index >= 15 is 0 Å². The molecule has 2 heterocycles. The standard InChI is InChI=1S/C14H21BrN4O2/c1-10(2)8-18(9-12-4-3-5-16-12)14-13(19(20)21)6-11(15)7-17-14/h6-7,10,12,16H,3-5,8-9H2,1-2H3. The van der Waals surface area contributed by atoms with E-state index in [1.54, 1.807) is 6.20 Å². The highest BCUT2D eigenvalue weighted by atomic mass is 79.9. The summed E-state index contributed by atoms with van der Waals surface area (Å²) in [5, 5.41) is 14.7. The summed E-state index contributed by atoms with van der Waals surface area (Å²) in [6, 6.07) is 1.91. The van der Waals surface area contributed by atoms with Crippen molar-refractivity contribution < 1.29 is 4.92 Å². The Morgan fingerprint density at radius 3 is 2.95 bits per heavy atom. The lowest BCUT2D eigenvalue weighted by molar-refractivity contribution is -0.384. The summed E-state index contributed by atoms with van der Waals surface area (Å²) in [6.45, 7) is 6.76. The Balaban J connectivity index is 2.28. The molecule has 0 saturated carbocycles. The molecule has 0 radical (unpaired) electrons. The molecular weight excluding hydrogens is 336 g/mol. The second kappa shape index (κ2) is 7.17. The van der Waals surface area contributed by atoms with E-state index in [9.17, 15) is 10.1 Å². The number of nitrogens with one attached hydrogen (secondary N) is 1. The summed E-state index contributed by atoms with van der Waals surface area (Å²) in [5.74, 6) is 0.877. The molecule has 0 amide bonds. The molecule has 7 heteroatoms. The van der Waals surface area contributed by atoms with Crippen LogP contribution in [0.15, 0.2) is 16.7 Å². The number of nitro groups is 1. The van der Waals surface area contributed by atoms with Gasteiger partial charge in [-0.15, -0.1) is 0 Å². The summed E-state index contributed by atoms with van der Waals surface area (Å²) >= 11 is 3.25. The highest BCUT2D eigenvalue weighted by molar-refractivity contribution is 9.10. The third-order valence-electron chi connectivity index (χ3n) is 3.50. The number of aromatic nitrogens is 1. The fourth-order valence-electron chi connectivity index (χ4n) is 2.67. The molecule has 1 aliphatic rings. The third kappa shape index (κ3) is 4.38. The average molecular weight is 357 g/mol. The topological polar surface area (TPSA) is 71.3 Å². The van der Waals surface area contributed by atoms with Crippen molar-refractivity contribution in [2.24, 2.45) is 5.92 Å². The van der Waals surface area contributed by atoms with Crippen molar-refractivity contribution >= 4 is 27.4 Å². The van der Waals surface area contributed by atoms with E-state index in [0.717, 1.165) is 32.5 Å². The van der Waals surface area contributed by atoms with Gasteiger partial charge in [-0.2, -0.15) is 0 Å². The quantitative estimate of drug-likeness (QED) is 0.626. The average Bonchev–Trinajstić information content (AvgIpc) is 2.90. The monoisotopic (exact) mass is 356 g/mol. The fourth-order valence-corrected chi connectivity index (χ4v) is 2.99. The highest BCUT2D eigenvalue weighted by Crippen LogP contribution is 2.29. The van der Waals surface area contributed by atoms with Gasteiger partial charge in [-0.1, -0.05) is 13.8 Å². The minimum absolute atomic E-state index is 0.0584. The van der Waals surface area contributed by atoms with E-state index in [-0.39, 0.29) is 10.6 Å². The van der Waals surface area contributed by atoms with Crippen LogP contribution in [0.5, 0.6) is 0 Å². The van der Waals surface area contributed by atoms with Crippen LogP contribution in [-0.2, 0) is 0 Å². The van der Waals surface area contributed by atoms with Gasteiger partial charge in [-0.3, -0.25) is 10.1 Å². The number of halogens is 1. The molecule has 21 heavy (non-hydrogen) atoms. The first-order valence-electron chi connectivity index (χ1n) is 7.25. The number of pyridine rings is 1. The minimum atomic E-state index is -0.359. The maximum atomic E-state index is 11.3. The second-order valence-corrected chi connectivity index (χ2v) is 6.76. The van der Waals surface area contributed by atoms with E-state index < -0.39 is 0 Å². The van der Waals surface area contributed by atoms with Crippen molar-refractivity contribution in [3.63, 3.8) is 0 Å². The minimum Gasteiger partial charge on any atom is -0.349 e. The maximum absolute atomic E-state index is 11.3. The van der Waals surface area contributed by atoms with Gasteiger partial charge in [0.1, 0.15) is 0 Å². The Kier molecular flexibility index (Phi) is 5.52. The van der Waals surface area contributed by atoms with Gasteiger partial charge in [0.15, 0.2) is 0 Å². The Bertz CT molecular complexity index is 504. The number of hydrogen-bond donors (Lipinski definition) is 1. The molecule has 1 N–H and O–H groups in total. The van der Waals surface area contributed by atoms with Crippen LogP contribution >= 0.6 is 15.9 Å². The molecule has 2 rings (SSSR count). The molecule has 1 unspecified atom stereocenters. The molecule has 0 aromatic carbocycles. The van der Waals surface area contributed by atoms with E-state index in [2.05, 4.69) is 40.1 Å². The van der Waals surface area contributed by atoms with Gasteiger partial charge in [0, 0.05) is 35.9 Å². The van der Waals surface area contributed by atoms with Crippen molar-refractivity contribution in [1.82, 2.24) is 10.3 Å². The number of anilines is 1. The van der Waals surface area contributed by atoms with Crippen LogP contribution in [0.2, 0.25) is 0 Å². The van der Waals surface area contributed by atoms with Crippen LogP contribution in [0.1, 0.15) is 26.7 Å². The van der Waals surface area contributed by atoms with Crippen LogP contribution in [0.4, 0.5) is 11.5 Å². The molecular formula is C14H21BrN4O2. The molecule has 116 valence electrons. The Labute approximate surface area is 133 Å². The van der Waals surface area contributed by atoms with Gasteiger partial charge in [-0.05, 0) is 41.2 Å². The predicted octanol–water partition coefficient (Wildman–Crippen LogP) is 2.97. The molecule has 6 nitrogen and oxygen atoms in total. The molecule has 1 aliphatic heterocycles. The zero-order valence-corrected chi connectivity index (χ0v) is 14.0. The number of rotatable bonds is 6. The zero-order valence-electron chi connectivity index (χ0n) is 12.4. The van der Waals surface area contributed by atoms with Gasteiger partial charge in [0.05, 0.1) is 4.92 Å². The van der Waals surface area contributed by atoms with Gasteiger partial charge < -0.3 is 10.2 Å². The van der Waals surface area contributed by atoms with E-state index in [1.807, 2.05) is 4.90 Å². The number of hydrogen-bond acceptors (Lipinski definition) is 5. The Morgan fingerprint density at radius 1 is 1.62 bits per heavy atom. The lowest BCUT2D eigenvalue weighted by Crippen LogP contribution is -2.40. The van der Waals surface area contributed by atoms with Gasteiger partial charge >= 0.3 is 5.69 Å². The molecule has 1 atom stereocenters. The summed E-state index contributed by atoms with van der Waals surface area (Å²) in [4.78, 5) is 17.3. The van der Waals surface area contributed by atoms with E-state index in [1.165, 1.54) is 6.07 Å². The first-order valence-corrected chi connectivity index (χ1v) is 8.05. The predicted molar refractivity (Wildman–Crippen MR) is 86.7 cm³/mol. The Hall–Kier alpha value is -1.21. The second-order valence-electron chi connectivity index (χ2n) is 5.85. The van der Waals surface area contributed by atoms with Gasteiger partial charge in [-0.25, -0.2) is 4.98 Å². The lowest BCUT2D eigenvalue weighted by atomic mass is 10.1. The molecule has 0 bridgehead atoms. The van der Waals surface area contributed by atoms with Crippen molar-refractivity contribution in [1.29, 1.82) is 0 Å². The molecule has 1 aromatic heterocycles. The summed E-state index contributed by atoms with van der Waals surface area (Å²) in [6.07, 6.45) is 3.90. The molecule has 1 saturated heterocycles. The van der Waals surface area contributed by atoms with Crippen LogP contribution in [0, 0.1) is 16.0 Å². The summed E-state index contributed by atoms with van der Waals surface area (Å²) in [7, 11) is 0. The van der Waals surface area contributed by atoms with Crippen LogP contribution in [0.25, 0.3) is 0 Å². The smallest absolute Gasteiger partial charge is 0.312 e. The molecule has 0 spiro atoms. The largest absolute Gasteiger partial charge is 0.349 e. The SMILES string of the molecule is CC(C)CN(CC1CCCN1)c1ncc(Br)cc1[N+](=O)[O-]. The van der Waals surface area contributed by atoms with Crippen molar-refractivity contribution in [2.75, 3.05) is 24.5 Å². The molecule has 1 fully saturated rings. The number of nitrogens with zero attached hydrogens (tertiary/aromatic N) is 3. The van der Waals surface area contributed by atoms with Gasteiger partial charge in [0.2, 0.25) is 5.82 Å². The first-order chi connectivity index (χ1) is 9.97. The van der Waals surface area contributed by atoms with Crippen LogP contribution in [0.3, 0.4) is 0 Å². The maximum Gasteiger partial charge on any atom is 0.312 e. The normalized spacial score (nSPS) is 18.2. The summed E-state index contributed by atoms with van der Waals surface area (Å²) < 4.78 is 0.626. The Morgan fingerprint density at radius 2 is 2.38 bits per heavy atom. The van der Waals surface area contributed by atoms with Crippen LogP contribution < -0.4 is 10.2 Å². The summed E-state index contributed by atoms with van der Waals surface area (Å²) in [5.41, 5.74) is 0.0584. The van der Waals surface area contributed by atoms with Crippen LogP contribution in [-0.4, -0.2) is 35.6 Å².